The van der Waals surface area contributed by atoms with Crippen LogP contribution in [-0.4, -0.2) is 33.5 Å². The van der Waals surface area contributed by atoms with Crippen LogP contribution < -0.4 is 27.2 Å². The standard InChI is InChI=1S/C20H21ClN6O3/c1-2-26(12-16(28)24-15-9-8-14(21)10-23-15)17-18(22)27(20(30)25-19(17)29)11-13-6-4-3-5-7-13/h3-10H,2,11-12,22H2,1H3,(H,23,24,28)(H,25,29,30). The summed E-state index contributed by atoms with van der Waals surface area (Å²) in [7, 11) is 0. The lowest BCUT2D eigenvalue weighted by molar-refractivity contribution is -0.115. The summed E-state index contributed by atoms with van der Waals surface area (Å²) >= 11 is 5.79. The summed E-state index contributed by atoms with van der Waals surface area (Å²) in [6, 6.07) is 12.4. The fraction of sp³-hybridized carbons (Fsp3) is 0.200. The lowest BCUT2D eigenvalue weighted by Crippen LogP contribution is -2.41. The van der Waals surface area contributed by atoms with Gasteiger partial charge in [0.25, 0.3) is 5.56 Å². The Kier molecular flexibility index (Phi) is 6.53. The number of rotatable bonds is 7. The number of H-pyrrole nitrogens is 1. The molecule has 0 aliphatic carbocycles. The molecule has 30 heavy (non-hydrogen) atoms. The van der Waals surface area contributed by atoms with Crippen LogP contribution in [-0.2, 0) is 11.3 Å². The highest BCUT2D eigenvalue weighted by atomic mass is 35.5. The van der Waals surface area contributed by atoms with Gasteiger partial charge in [-0.25, -0.2) is 9.78 Å². The minimum absolute atomic E-state index is 0.00753. The van der Waals surface area contributed by atoms with Gasteiger partial charge in [0.1, 0.15) is 17.3 Å². The Morgan fingerprint density at radius 1 is 1.23 bits per heavy atom. The van der Waals surface area contributed by atoms with E-state index in [1.54, 1.807) is 19.1 Å². The van der Waals surface area contributed by atoms with Crippen LogP contribution in [0.3, 0.4) is 0 Å². The summed E-state index contributed by atoms with van der Waals surface area (Å²) < 4.78 is 1.27. The molecule has 156 valence electrons. The van der Waals surface area contributed by atoms with Gasteiger partial charge >= 0.3 is 5.69 Å². The number of hydrogen-bond donors (Lipinski definition) is 3. The van der Waals surface area contributed by atoms with E-state index < -0.39 is 17.2 Å². The first-order chi connectivity index (χ1) is 14.4. The van der Waals surface area contributed by atoms with Gasteiger partial charge in [-0.1, -0.05) is 41.9 Å². The maximum atomic E-state index is 12.5. The summed E-state index contributed by atoms with van der Waals surface area (Å²) in [5.74, 6) is -0.0745. The molecule has 0 saturated heterocycles. The molecule has 1 amide bonds. The van der Waals surface area contributed by atoms with Crippen LogP contribution in [0.4, 0.5) is 17.3 Å². The molecule has 0 aliphatic rings. The summed E-state index contributed by atoms with van der Waals surface area (Å²) in [5.41, 5.74) is 5.84. The molecule has 0 bridgehead atoms. The van der Waals surface area contributed by atoms with Gasteiger partial charge in [-0.2, -0.15) is 0 Å². The summed E-state index contributed by atoms with van der Waals surface area (Å²) in [5, 5.41) is 3.08. The Hall–Kier alpha value is -3.59. The van der Waals surface area contributed by atoms with Gasteiger partial charge in [-0.3, -0.25) is 19.1 Å². The maximum absolute atomic E-state index is 12.5. The van der Waals surface area contributed by atoms with Gasteiger partial charge in [0, 0.05) is 12.7 Å². The quantitative estimate of drug-likeness (QED) is 0.525. The molecule has 0 saturated carbocycles. The second-order valence-electron chi connectivity index (χ2n) is 6.49. The largest absolute Gasteiger partial charge is 0.383 e. The van der Waals surface area contributed by atoms with E-state index in [0.717, 1.165) is 5.56 Å². The van der Waals surface area contributed by atoms with Crippen molar-refractivity contribution in [3.05, 3.63) is 80.1 Å². The predicted molar refractivity (Wildman–Crippen MR) is 117 cm³/mol. The number of aromatic amines is 1. The van der Waals surface area contributed by atoms with Crippen molar-refractivity contribution in [3.8, 4) is 0 Å². The van der Waals surface area contributed by atoms with Gasteiger partial charge in [0.15, 0.2) is 0 Å². The molecule has 3 rings (SSSR count). The lowest BCUT2D eigenvalue weighted by Gasteiger charge is -2.24. The van der Waals surface area contributed by atoms with Crippen LogP contribution in [0, 0.1) is 0 Å². The Bertz CT molecular complexity index is 1140. The third kappa shape index (κ3) is 4.87. The highest BCUT2D eigenvalue weighted by Gasteiger charge is 2.20. The van der Waals surface area contributed by atoms with E-state index in [9.17, 15) is 14.4 Å². The van der Waals surface area contributed by atoms with Gasteiger partial charge in [-0.05, 0) is 24.6 Å². The number of nitrogen functional groups attached to an aromatic ring is 1. The van der Waals surface area contributed by atoms with Crippen molar-refractivity contribution in [2.75, 3.05) is 29.0 Å². The SMILES string of the molecule is CCN(CC(=O)Nc1ccc(Cl)cn1)c1c(N)n(Cc2ccccc2)c(=O)[nH]c1=O. The number of aromatic nitrogens is 3. The van der Waals surface area contributed by atoms with E-state index in [-0.39, 0.29) is 24.6 Å². The topological polar surface area (TPSA) is 126 Å². The van der Waals surface area contributed by atoms with E-state index in [4.69, 9.17) is 17.3 Å². The number of hydrogen-bond acceptors (Lipinski definition) is 6. The predicted octanol–water partition coefficient (Wildman–Crippen LogP) is 1.68. The molecule has 1 aromatic carbocycles. The molecule has 0 atom stereocenters. The van der Waals surface area contributed by atoms with E-state index >= 15 is 0 Å². The van der Waals surface area contributed by atoms with Gasteiger partial charge < -0.3 is 16.0 Å². The first-order valence-corrected chi connectivity index (χ1v) is 9.59. The molecule has 2 aromatic heterocycles. The Morgan fingerprint density at radius 2 is 1.97 bits per heavy atom. The van der Waals surface area contributed by atoms with Crippen LogP contribution in [0.25, 0.3) is 0 Å². The lowest BCUT2D eigenvalue weighted by atomic mass is 10.2. The minimum Gasteiger partial charge on any atom is -0.383 e. The molecular weight excluding hydrogens is 408 g/mol. The maximum Gasteiger partial charge on any atom is 0.330 e. The zero-order valence-corrected chi connectivity index (χ0v) is 17.0. The molecule has 0 fully saturated rings. The van der Waals surface area contributed by atoms with E-state index in [1.807, 2.05) is 30.3 Å². The van der Waals surface area contributed by atoms with Crippen molar-refractivity contribution in [1.82, 2.24) is 14.5 Å². The molecule has 0 radical (unpaired) electrons. The second-order valence-corrected chi connectivity index (χ2v) is 6.93. The summed E-state index contributed by atoms with van der Waals surface area (Å²) in [6.07, 6.45) is 1.41. The summed E-state index contributed by atoms with van der Waals surface area (Å²) in [6.45, 7) is 2.13. The molecule has 0 spiro atoms. The second kappa shape index (κ2) is 9.27. The minimum atomic E-state index is -0.652. The number of amides is 1. The number of anilines is 3. The van der Waals surface area contributed by atoms with Crippen LogP contribution in [0.5, 0.6) is 0 Å². The molecule has 2 heterocycles. The fourth-order valence-corrected chi connectivity index (χ4v) is 3.07. The Balaban J connectivity index is 1.87. The van der Waals surface area contributed by atoms with Gasteiger partial charge in [0.05, 0.1) is 18.1 Å². The molecule has 10 heteroatoms. The molecule has 4 N–H and O–H groups in total. The number of carbonyl (C=O) groups is 1. The Labute approximate surface area is 177 Å². The zero-order valence-electron chi connectivity index (χ0n) is 16.3. The molecular formula is C20H21ClN6O3. The molecule has 3 aromatic rings. The number of halogens is 1. The van der Waals surface area contributed by atoms with Crippen LogP contribution in [0.2, 0.25) is 5.02 Å². The number of nitrogens with one attached hydrogen (secondary N) is 2. The normalized spacial score (nSPS) is 10.6. The molecule has 9 nitrogen and oxygen atoms in total. The van der Waals surface area contributed by atoms with Crippen molar-refractivity contribution in [2.45, 2.75) is 13.5 Å². The van der Waals surface area contributed by atoms with Crippen molar-refractivity contribution in [1.29, 1.82) is 0 Å². The van der Waals surface area contributed by atoms with Crippen LogP contribution in [0.15, 0.2) is 58.3 Å². The number of nitrogens with two attached hydrogens (primary N) is 1. The first-order valence-electron chi connectivity index (χ1n) is 9.22. The first kappa shape index (κ1) is 21.1. The number of pyridine rings is 1. The van der Waals surface area contributed by atoms with Crippen molar-refractivity contribution in [2.24, 2.45) is 0 Å². The fourth-order valence-electron chi connectivity index (χ4n) is 2.96. The van der Waals surface area contributed by atoms with Gasteiger partial charge in [-0.15, -0.1) is 0 Å². The monoisotopic (exact) mass is 428 g/mol. The van der Waals surface area contributed by atoms with Gasteiger partial charge in [0.2, 0.25) is 5.91 Å². The highest BCUT2D eigenvalue weighted by Crippen LogP contribution is 2.18. The zero-order chi connectivity index (χ0) is 21.7. The van der Waals surface area contributed by atoms with E-state index in [2.05, 4.69) is 15.3 Å². The van der Waals surface area contributed by atoms with Crippen molar-refractivity contribution < 1.29 is 4.79 Å². The van der Waals surface area contributed by atoms with Crippen LogP contribution >= 0.6 is 11.6 Å². The third-order valence-corrected chi connectivity index (χ3v) is 4.65. The number of carbonyl (C=O) groups excluding carboxylic acids is 1. The third-order valence-electron chi connectivity index (χ3n) is 4.42. The number of benzene rings is 1. The highest BCUT2D eigenvalue weighted by molar-refractivity contribution is 6.30. The smallest absolute Gasteiger partial charge is 0.330 e. The number of nitrogens with zero attached hydrogens (tertiary/aromatic N) is 3. The van der Waals surface area contributed by atoms with Crippen molar-refractivity contribution in [3.63, 3.8) is 0 Å². The summed E-state index contributed by atoms with van der Waals surface area (Å²) in [4.78, 5) is 45.1. The molecule has 0 aliphatic heterocycles. The molecule has 0 unspecified atom stereocenters. The van der Waals surface area contributed by atoms with E-state index in [0.29, 0.717) is 17.4 Å². The average Bonchev–Trinajstić information content (AvgIpc) is 2.72. The number of likely N-dealkylation sites (N-methyl/N-ethyl adjacent to an activating group) is 1. The average molecular weight is 429 g/mol. The Morgan fingerprint density at radius 3 is 2.60 bits per heavy atom. The van der Waals surface area contributed by atoms with E-state index in [1.165, 1.54) is 15.7 Å². The van der Waals surface area contributed by atoms with Crippen LogP contribution in [0.1, 0.15) is 12.5 Å². The van der Waals surface area contributed by atoms with Crippen molar-refractivity contribution >= 4 is 34.8 Å².